The number of anilines is 1. The van der Waals surface area contributed by atoms with E-state index in [9.17, 15) is 10.1 Å². The quantitative estimate of drug-likeness (QED) is 0.735. The Kier molecular flexibility index (Phi) is 4.43. The molecular formula is C24H24N4O. The highest BCUT2D eigenvalue weighted by atomic mass is 16.1. The smallest absolute Gasteiger partial charge is 0.168 e. The van der Waals surface area contributed by atoms with E-state index in [0.29, 0.717) is 29.1 Å². The molecular weight excluding hydrogens is 360 g/mol. The predicted molar refractivity (Wildman–Crippen MR) is 112 cm³/mol. The Hall–Kier alpha value is -3.00. The number of nitrogens with zero attached hydrogens (tertiary/aromatic N) is 4. The Morgan fingerprint density at radius 1 is 1.17 bits per heavy atom. The molecule has 0 spiro atoms. The summed E-state index contributed by atoms with van der Waals surface area (Å²) in [6.07, 6.45) is 7.83. The summed E-state index contributed by atoms with van der Waals surface area (Å²) in [5.74, 6) is 1.03. The van der Waals surface area contributed by atoms with Gasteiger partial charge in [0.15, 0.2) is 6.29 Å². The Bertz CT molecular complexity index is 1050. The van der Waals surface area contributed by atoms with Crippen LogP contribution in [0.15, 0.2) is 35.4 Å². The molecule has 3 aliphatic rings. The summed E-state index contributed by atoms with van der Waals surface area (Å²) >= 11 is 0. The Balaban J connectivity index is 1.60. The molecule has 1 aromatic carbocycles. The van der Waals surface area contributed by atoms with Crippen molar-refractivity contribution in [3.8, 4) is 6.07 Å². The zero-order valence-electron chi connectivity index (χ0n) is 16.6. The molecule has 2 aromatic rings. The van der Waals surface area contributed by atoms with Crippen LogP contribution in [-0.2, 0) is 6.42 Å². The summed E-state index contributed by atoms with van der Waals surface area (Å²) < 4.78 is 0. The molecule has 1 fully saturated rings. The number of nitriles is 1. The number of fused-ring (bicyclic) bond motifs is 3. The Morgan fingerprint density at radius 2 is 2.00 bits per heavy atom. The van der Waals surface area contributed by atoms with Gasteiger partial charge < -0.3 is 0 Å². The summed E-state index contributed by atoms with van der Waals surface area (Å²) in [6.45, 7) is 1.99. The summed E-state index contributed by atoms with van der Waals surface area (Å²) in [7, 11) is 0. The number of carbonyl (C=O) groups is 1. The number of benzene rings is 1. The Morgan fingerprint density at radius 3 is 2.72 bits per heavy atom. The van der Waals surface area contributed by atoms with E-state index < -0.39 is 0 Å². The summed E-state index contributed by atoms with van der Waals surface area (Å²) in [5, 5.41) is 16.7. The Labute approximate surface area is 171 Å². The maximum Gasteiger partial charge on any atom is 0.168 e. The van der Waals surface area contributed by atoms with Crippen molar-refractivity contribution in [2.75, 3.05) is 5.01 Å². The fraction of sp³-hybridized carbons (Fsp3) is 0.417. The number of carbonyl (C=O) groups excluding carboxylic acids is 1. The van der Waals surface area contributed by atoms with Gasteiger partial charge in [0.25, 0.3) is 0 Å². The molecule has 2 unspecified atom stereocenters. The van der Waals surface area contributed by atoms with Crippen LogP contribution in [0.4, 0.5) is 5.69 Å². The summed E-state index contributed by atoms with van der Waals surface area (Å²) in [4.78, 5) is 15.7. The third-order valence-corrected chi connectivity index (χ3v) is 6.82. The SMILES string of the molecule is Cc1cc(N2N=C3c4ccc(C=O)nc4CCC3C2C2CCCC2)ccc1C#N. The van der Waals surface area contributed by atoms with Crippen LogP contribution < -0.4 is 5.01 Å². The predicted octanol–water partition coefficient (Wildman–Crippen LogP) is 4.42. The largest absolute Gasteiger partial charge is 0.296 e. The lowest BCUT2D eigenvalue weighted by molar-refractivity contribution is 0.111. The summed E-state index contributed by atoms with van der Waals surface area (Å²) in [6, 6.07) is 12.5. The standard InChI is InChI=1S/C24H24N4O/c1-15-12-19(8-6-17(15)13-25)28-24(16-4-2-3-5-16)21-10-11-22-20(23(21)27-28)9-7-18(14-29)26-22/h6-9,12,14,16,21,24H,2-5,10-11H2,1H3. The molecule has 1 aromatic heterocycles. The van der Waals surface area contributed by atoms with Crippen molar-refractivity contribution < 1.29 is 4.79 Å². The van der Waals surface area contributed by atoms with Crippen LogP contribution in [0.1, 0.15) is 65.0 Å². The molecule has 5 rings (SSSR count). The van der Waals surface area contributed by atoms with Gasteiger partial charge in [-0.25, -0.2) is 4.98 Å². The topological polar surface area (TPSA) is 69.3 Å². The van der Waals surface area contributed by atoms with Gasteiger partial charge in [0.1, 0.15) is 5.69 Å². The molecule has 1 saturated carbocycles. The van der Waals surface area contributed by atoms with Crippen molar-refractivity contribution in [2.24, 2.45) is 16.9 Å². The molecule has 0 amide bonds. The normalized spacial score (nSPS) is 23.3. The minimum Gasteiger partial charge on any atom is -0.296 e. The van der Waals surface area contributed by atoms with Crippen LogP contribution in [0.25, 0.3) is 0 Å². The highest BCUT2D eigenvalue weighted by Gasteiger charge is 2.45. The second-order valence-corrected chi connectivity index (χ2v) is 8.47. The first kappa shape index (κ1) is 18.1. The van der Waals surface area contributed by atoms with Crippen LogP contribution >= 0.6 is 0 Å². The number of aldehydes is 1. The maximum absolute atomic E-state index is 11.1. The minimum atomic E-state index is 0.360. The van der Waals surface area contributed by atoms with Crippen molar-refractivity contribution in [1.82, 2.24) is 4.98 Å². The molecule has 2 atom stereocenters. The molecule has 146 valence electrons. The first-order valence-electron chi connectivity index (χ1n) is 10.5. The van der Waals surface area contributed by atoms with Crippen LogP contribution in [0, 0.1) is 30.1 Å². The lowest BCUT2D eigenvalue weighted by Crippen LogP contribution is -2.40. The van der Waals surface area contributed by atoms with Gasteiger partial charge >= 0.3 is 0 Å². The molecule has 0 N–H and O–H groups in total. The van der Waals surface area contributed by atoms with Crippen molar-refractivity contribution in [3.05, 3.63) is 58.4 Å². The van der Waals surface area contributed by atoms with Crippen LogP contribution in [0.3, 0.4) is 0 Å². The van der Waals surface area contributed by atoms with Crippen LogP contribution in [-0.4, -0.2) is 23.0 Å². The third-order valence-electron chi connectivity index (χ3n) is 6.82. The van der Waals surface area contributed by atoms with E-state index in [0.717, 1.165) is 47.3 Å². The molecule has 29 heavy (non-hydrogen) atoms. The lowest BCUT2D eigenvalue weighted by Gasteiger charge is -2.34. The number of aromatic nitrogens is 1. The van der Waals surface area contributed by atoms with Gasteiger partial charge in [-0.05, 0) is 74.4 Å². The first-order chi connectivity index (χ1) is 14.2. The molecule has 5 heteroatoms. The molecule has 0 radical (unpaired) electrons. The number of hydrogen-bond donors (Lipinski definition) is 0. The molecule has 0 saturated heterocycles. The van der Waals surface area contributed by atoms with Gasteiger partial charge in [-0.1, -0.05) is 12.8 Å². The van der Waals surface area contributed by atoms with Crippen LogP contribution in [0.2, 0.25) is 0 Å². The van der Waals surface area contributed by atoms with E-state index in [2.05, 4.69) is 22.1 Å². The number of pyridine rings is 1. The minimum absolute atomic E-state index is 0.360. The van der Waals surface area contributed by atoms with E-state index in [1.165, 1.54) is 25.7 Å². The van der Waals surface area contributed by atoms with Gasteiger partial charge in [0.2, 0.25) is 0 Å². The van der Waals surface area contributed by atoms with Gasteiger partial charge in [-0.15, -0.1) is 0 Å². The van der Waals surface area contributed by atoms with E-state index in [-0.39, 0.29) is 0 Å². The van der Waals surface area contributed by atoms with E-state index >= 15 is 0 Å². The number of rotatable bonds is 3. The first-order valence-corrected chi connectivity index (χ1v) is 10.5. The molecule has 0 bridgehead atoms. The van der Waals surface area contributed by atoms with Crippen molar-refractivity contribution >= 4 is 17.7 Å². The third kappa shape index (κ3) is 2.95. The van der Waals surface area contributed by atoms with Crippen molar-refractivity contribution in [1.29, 1.82) is 5.26 Å². The fourth-order valence-corrected chi connectivity index (χ4v) is 5.42. The maximum atomic E-state index is 11.1. The second kappa shape index (κ2) is 7.11. The second-order valence-electron chi connectivity index (χ2n) is 8.47. The summed E-state index contributed by atoms with van der Waals surface area (Å²) in [5.41, 5.74) is 6.48. The molecule has 1 aliphatic heterocycles. The zero-order chi connectivity index (χ0) is 20.0. The number of hydrogen-bond acceptors (Lipinski definition) is 5. The van der Waals surface area contributed by atoms with Gasteiger partial charge in [0.05, 0.1) is 34.8 Å². The molecule has 2 heterocycles. The van der Waals surface area contributed by atoms with Crippen molar-refractivity contribution in [3.63, 3.8) is 0 Å². The molecule has 2 aliphatic carbocycles. The van der Waals surface area contributed by atoms with Gasteiger partial charge in [-0.2, -0.15) is 10.4 Å². The average Bonchev–Trinajstić information content (AvgIpc) is 3.40. The van der Waals surface area contributed by atoms with Crippen LogP contribution in [0.5, 0.6) is 0 Å². The average molecular weight is 384 g/mol. The lowest BCUT2D eigenvalue weighted by atomic mass is 9.76. The number of aryl methyl sites for hydroxylation is 2. The van der Waals surface area contributed by atoms with E-state index in [1.807, 2.05) is 25.1 Å². The highest BCUT2D eigenvalue weighted by Crippen LogP contribution is 2.44. The van der Waals surface area contributed by atoms with E-state index in [4.69, 9.17) is 5.10 Å². The highest BCUT2D eigenvalue weighted by molar-refractivity contribution is 6.06. The monoisotopic (exact) mass is 384 g/mol. The number of hydrazone groups is 1. The van der Waals surface area contributed by atoms with Crippen molar-refractivity contribution in [2.45, 2.75) is 51.5 Å². The zero-order valence-corrected chi connectivity index (χ0v) is 16.6. The molecule has 5 nitrogen and oxygen atoms in total. The van der Waals surface area contributed by atoms with Gasteiger partial charge in [0, 0.05) is 11.5 Å². The fourth-order valence-electron chi connectivity index (χ4n) is 5.42. The van der Waals surface area contributed by atoms with Gasteiger partial charge in [-0.3, -0.25) is 9.80 Å². The van der Waals surface area contributed by atoms with E-state index in [1.54, 1.807) is 6.07 Å².